The molecule has 0 aromatic heterocycles. The van der Waals surface area contributed by atoms with Crippen LogP contribution in [0.1, 0.15) is 45.4 Å². The van der Waals surface area contributed by atoms with Gasteiger partial charge >= 0.3 is 0 Å². The largest absolute Gasteiger partial charge is 0.381 e. The molecule has 1 saturated heterocycles. The molecule has 128 valence electrons. The molecule has 1 aliphatic heterocycles. The topological polar surface area (TPSA) is 54.9 Å². The Balaban J connectivity index is 1.49. The van der Waals surface area contributed by atoms with E-state index in [1.807, 2.05) is 7.05 Å². The van der Waals surface area contributed by atoms with Crippen LogP contribution in [0, 0.1) is 11.8 Å². The molecule has 2 rings (SSSR count). The SMILES string of the molecule is CN=C(NCCCOCC1CCOC1)NC1CCC(C)CC1. The Morgan fingerprint density at radius 2 is 2.05 bits per heavy atom. The van der Waals surface area contributed by atoms with Crippen molar-refractivity contribution < 1.29 is 9.47 Å². The van der Waals surface area contributed by atoms with Gasteiger partial charge in [0.1, 0.15) is 0 Å². The predicted molar refractivity (Wildman–Crippen MR) is 90.3 cm³/mol. The molecule has 0 amide bonds. The molecule has 5 heteroatoms. The van der Waals surface area contributed by atoms with Crippen LogP contribution in [0.5, 0.6) is 0 Å². The minimum Gasteiger partial charge on any atom is -0.381 e. The van der Waals surface area contributed by atoms with Crippen molar-refractivity contribution in [3.05, 3.63) is 0 Å². The van der Waals surface area contributed by atoms with Gasteiger partial charge in [0.2, 0.25) is 0 Å². The van der Waals surface area contributed by atoms with E-state index >= 15 is 0 Å². The maximum atomic E-state index is 5.71. The van der Waals surface area contributed by atoms with Gasteiger partial charge in [-0.05, 0) is 44.4 Å². The van der Waals surface area contributed by atoms with Gasteiger partial charge < -0.3 is 20.1 Å². The standard InChI is InChI=1S/C17H33N3O2/c1-14-4-6-16(7-5-14)20-17(18-2)19-9-3-10-21-12-15-8-11-22-13-15/h14-16H,3-13H2,1-2H3,(H2,18,19,20). The summed E-state index contributed by atoms with van der Waals surface area (Å²) in [5.41, 5.74) is 0. The molecule has 1 saturated carbocycles. The van der Waals surface area contributed by atoms with Crippen molar-refractivity contribution in [3.63, 3.8) is 0 Å². The maximum Gasteiger partial charge on any atom is 0.191 e. The highest BCUT2D eigenvalue weighted by Crippen LogP contribution is 2.23. The fraction of sp³-hybridized carbons (Fsp3) is 0.941. The zero-order chi connectivity index (χ0) is 15.6. The van der Waals surface area contributed by atoms with Crippen LogP contribution in [-0.2, 0) is 9.47 Å². The van der Waals surface area contributed by atoms with E-state index in [1.54, 1.807) is 0 Å². The van der Waals surface area contributed by atoms with Gasteiger partial charge in [-0.25, -0.2) is 0 Å². The van der Waals surface area contributed by atoms with Crippen molar-refractivity contribution in [2.45, 2.75) is 51.5 Å². The summed E-state index contributed by atoms with van der Waals surface area (Å²) in [7, 11) is 1.84. The summed E-state index contributed by atoms with van der Waals surface area (Å²) in [5, 5.41) is 6.93. The third-order valence-electron chi connectivity index (χ3n) is 4.72. The third-order valence-corrected chi connectivity index (χ3v) is 4.72. The van der Waals surface area contributed by atoms with Crippen molar-refractivity contribution in [3.8, 4) is 0 Å². The lowest BCUT2D eigenvalue weighted by atomic mass is 9.87. The molecule has 2 N–H and O–H groups in total. The van der Waals surface area contributed by atoms with Gasteiger partial charge in [-0.3, -0.25) is 4.99 Å². The number of nitrogens with one attached hydrogen (secondary N) is 2. The van der Waals surface area contributed by atoms with E-state index in [9.17, 15) is 0 Å². The monoisotopic (exact) mass is 311 g/mol. The molecule has 0 bridgehead atoms. The Kier molecular flexibility index (Phi) is 8.02. The van der Waals surface area contributed by atoms with Gasteiger partial charge in [0.05, 0.1) is 13.2 Å². The highest BCUT2D eigenvalue weighted by atomic mass is 16.5. The average Bonchev–Trinajstić information content (AvgIpc) is 3.05. The van der Waals surface area contributed by atoms with Crippen LogP contribution in [0.2, 0.25) is 0 Å². The molecule has 0 aromatic rings. The quantitative estimate of drug-likeness (QED) is 0.430. The summed E-state index contributed by atoms with van der Waals surface area (Å²) in [6, 6.07) is 0.584. The Morgan fingerprint density at radius 3 is 2.73 bits per heavy atom. The first-order valence-corrected chi connectivity index (χ1v) is 8.90. The molecule has 0 spiro atoms. The highest BCUT2D eigenvalue weighted by Gasteiger charge is 2.18. The molecular formula is C17H33N3O2. The average molecular weight is 311 g/mol. The van der Waals surface area contributed by atoms with Crippen molar-refractivity contribution in [1.29, 1.82) is 0 Å². The highest BCUT2D eigenvalue weighted by molar-refractivity contribution is 5.79. The smallest absolute Gasteiger partial charge is 0.191 e. The van der Waals surface area contributed by atoms with Gasteiger partial charge in [-0.1, -0.05) is 6.92 Å². The molecule has 2 fully saturated rings. The number of rotatable bonds is 7. The molecule has 5 nitrogen and oxygen atoms in total. The number of guanidine groups is 1. The molecule has 0 aromatic carbocycles. The van der Waals surface area contributed by atoms with Gasteiger partial charge in [0, 0.05) is 38.8 Å². The van der Waals surface area contributed by atoms with Crippen LogP contribution in [0.25, 0.3) is 0 Å². The summed E-state index contributed by atoms with van der Waals surface area (Å²) >= 11 is 0. The second kappa shape index (κ2) is 10.1. The zero-order valence-electron chi connectivity index (χ0n) is 14.3. The van der Waals surface area contributed by atoms with E-state index in [0.29, 0.717) is 12.0 Å². The van der Waals surface area contributed by atoms with E-state index in [-0.39, 0.29) is 0 Å². The summed E-state index contributed by atoms with van der Waals surface area (Å²) in [6.07, 6.45) is 7.33. The molecular weight excluding hydrogens is 278 g/mol. The summed E-state index contributed by atoms with van der Waals surface area (Å²) < 4.78 is 11.1. The van der Waals surface area contributed by atoms with Crippen molar-refractivity contribution in [2.24, 2.45) is 16.8 Å². The summed E-state index contributed by atoms with van der Waals surface area (Å²) in [4.78, 5) is 4.32. The van der Waals surface area contributed by atoms with Gasteiger partial charge in [0.25, 0.3) is 0 Å². The van der Waals surface area contributed by atoms with E-state index < -0.39 is 0 Å². The van der Waals surface area contributed by atoms with E-state index in [1.165, 1.54) is 25.7 Å². The minimum atomic E-state index is 0.584. The van der Waals surface area contributed by atoms with E-state index in [4.69, 9.17) is 9.47 Å². The van der Waals surface area contributed by atoms with Crippen LogP contribution in [0.4, 0.5) is 0 Å². The van der Waals surface area contributed by atoms with Gasteiger partial charge in [-0.15, -0.1) is 0 Å². The first kappa shape index (κ1) is 17.5. The lowest BCUT2D eigenvalue weighted by molar-refractivity contribution is 0.0888. The fourth-order valence-electron chi connectivity index (χ4n) is 3.14. The van der Waals surface area contributed by atoms with E-state index in [2.05, 4.69) is 22.5 Å². The lowest BCUT2D eigenvalue weighted by Crippen LogP contribution is -2.45. The van der Waals surface area contributed by atoms with Crippen LogP contribution >= 0.6 is 0 Å². The van der Waals surface area contributed by atoms with Crippen molar-refractivity contribution >= 4 is 5.96 Å². The molecule has 2 aliphatic rings. The second-order valence-electron chi connectivity index (χ2n) is 6.76. The first-order chi connectivity index (χ1) is 10.8. The van der Waals surface area contributed by atoms with Crippen LogP contribution in [0.15, 0.2) is 4.99 Å². The summed E-state index contributed by atoms with van der Waals surface area (Å²) in [6.45, 7) is 6.67. The predicted octanol–water partition coefficient (Wildman–Crippen LogP) is 2.17. The Morgan fingerprint density at radius 1 is 1.23 bits per heavy atom. The van der Waals surface area contributed by atoms with Crippen molar-refractivity contribution in [1.82, 2.24) is 10.6 Å². The van der Waals surface area contributed by atoms with Crippen LogP contribution in [0.3, 0.4) is 0 Å². The number of aliphatic imine (C=N–C) groups is 1. The minimum absolute atomic E-state index is 0.584. The third kappa shape index (κ3) is 6.53. The lowest BCUT2D eigenvalue weighted by Gasteiger charge is -2.28. The normalized spacial score (nSPS) is 29.5. The van der Waals surface area contributed by atoms with Gasteiger partial charge in [0.15, 0.2) is 5.96 Å². The molecule has 0 radical (unpaired) electrons. The number of hydrogen-bond donors (Lipinski definition) is 2. The number of hydrogen-bond acceptors (Lipinski definition) is 3. The first-order valence-electron chi connectivity index (χ1n) is 8.90. The maximum absolute atomic E-state index is 5.71. The summed E-state index contributed by atoms with van der Waals surface area (Å²) in [5.74, 6) is 2.43. The fourth-order valence-corrected chi connectivity index (χ4v) is 3.14. The second-order valence-corrected chi connectivity index (χ2v) is 6.76. The Labute approximate surface area is 135 Å². The van der Waals surface area contributed by atoms with Crippen molar-refractivity contribution in [2.75, 3.05) is 40.0 Å². The Bertz CT molecular complexity index is 322. The van der Waals surface area contributed by atoms with E-state index in [0.717, 1.165) is 57.7 Å². The van der Waals surface area contributed by atoms with Gasteiger partial charge in [-0.2, -0.15) is 0 Å². The zero-order valence-corrected chi connectivity index (χ0v) is 14.3. The number of nitrogens with zero attached hydrogens (tertiary/aromatic N) is 1. The number of ether oxygens (including phenoxy) is 2. The molecule has 1 unspecified atom stereocenters. The molecule has 1 atom stereocenters. The molecule has 22 heavy (non-hydrogen) atoms. The van der Waals surface area contributed by atoms with Crippen LogP contribution < -0.4 is 10.6 Å². The molecule has 1 heterocycles. The van der Waals surface area contributed by atoms with Crippen LogP contribution in [-0.4, -0.2) is 52.0 Å². The molecule has 1 aliphatic carbocycles. The Hall–Kier alpha value is -0.810.